The number of hydrogen-bond acceptors (Lipinski definition) is 7. The maximum atomic E-state index is 12.5. The average molecular weight is 536 g/mol. The molecule has 0 radical (unpaired) electrons. The van der Waals surface area contributed by atoms with Gasteiger partial charge in [0.15, 0.2) is 11.0 Å². The summed E-state index contributed by atoms with van der Waals surface area (Å²) in [6.07, 6.45) is 0. The fourth-order valence-electron chi connectivity index (χ4n) is 3.15. The van der Waals surface area contributed by atoms with Gasteiger partial charge in [0.1, 0.15) is 0 Å². The summed E-state index contributed by atoms with van der Waals surface area (Å²) in [6.45, 7) is 4.27. The standard InChI is InChI=1S/C23H23Cl2N5O4S/c1-4-30-20(13(2)26-21(32)14-5-8-16(24)9-6-14)28-29-23(30)35-12-19(31)27-18-11-15(22(33)34-3)7-10-17(18)25/h5-11,13H,4,12H2,1-3H3,(H,26,32)(H,27,31). The van der Waals surface area contributed by atoms with Gasteiger partial charge in [-0.1, -0.05) is 35.0 Å². The molecule has 9 nitrogen and oxygen atoms in total. The second kappa shape index (κ2) is 12.1. The summed E-state index contributed by atoms with van der Waals surface area (Å²) in [5.41, 5.74) is 1.05. The Kier molecular flexibility index (Phi) is 9.13. The number of nitrogens with zero attached hydrogens (tertiary/aromatic N) is 3. The third kappa shape index (κ3) is 6.74. The molecule has 1 atom stereocenters. The van der Waals surface area contributed by atoms with E-state index in [9.17, 15) is 14.4 Å². The molecule has 0 aliphatic rings. The molecule has 1 heterocycles. The first-order valence-corrected chi connectivity index (χ1v) is 12.3. The van der Waals surface area contributed by atoms with Crippen molar-refractivity contribution in [1.29, 1.82) is 0 Å². The molecule has 3 aromatic rings. The smallest absolute Gasteiger partial charge is 0.337 e. The van der Waals surface area contributed by atoms with E-state index in [0.717, 1.165) is 0 Å². The first-order valence-electron chi connectivity index (χ1n) is 10.5. The molecule has 0 fully saturated rings. The number of thioether (sulfide) groups is 1. The van der Waals surface area contributed by atoms with Gasteiger partial charge in [-0.2, -0.15) is 0 Å². The van der Waals surface area contributed by atoms with Gasteiger partial charge in [0.05, 0.1) is 35.2 Å². The van der Waals surface area contributed by atoms with Crippen molar-refractivity contribution >= 4 is 58.4 Å². The van der Waals surface area contributed by atoms with Crippen LogP contribution < -0.4 is 10.6 Å². The number of methoxy groups -OCH3 is 1. The van der Waals surface area contributed by atoms with Crippen molar-refractivity contribution in [2.75, 3.05) is 18.2 Å². The van der Waals surface area contributed by atoms with Crippen molar-refractivity contribution in [3.8, 4) is 0 Å². The van der Waals surface area contributed by atoms with Gasteiger partial charge in [0.25, 0.3) is 5.91 Å². The summed E-state index contributed by atoms with van der Waals surface area (Å²) in [6, 6.07) is 10.6. The Morgan fingerprint density at radius 3 is 2.43 bits per heavy atom. The number of esters is 1. The number of nitrogens with one attached hydrogen (secondary N) is 2. The predicted octanol–water partition coefficient (Wildman–Crippen LogP) is 4.61. The lowest BCUT2D eigenvalue weighted by Crippen LogP contribution is -2.28. The van der Waals surface area contributed by atoms with E-state index in [-0.39, 0.29) is 23.1 Å². The van der Waals surface area contributed by atoms with E-state index in [2.05, 4.69) is 20.8 Å². The number of halogens is 2. The number of ether oxygens (including phenoxy) is 1. The van der Waals surface area contributed by atoms with Gasteiger partial charge in [0, 0.05) is 17.1 Å². The number of amides is 2. The number of benzene rings is 2. The Hall–Kier alpha value is -3.08. The Labute approximate surface area is 216 Å². The molecule has 0 bridgehead atoms. The molecule has 0 aliphatic carbocycles. The molecule has 1 unspecified atom stereocenters. The minimum Gasteiger partial charge on any atom is -0.465 e. The van der Waals surface area contributed by atoms with E-state index < -0.39 is 12.0 Å². The first-order chi connectivity index (χ1) is 16.7. The number of anilines is 1. The molecule has 184 valence electrons. The minimum atomic E-state index is -0.535. The SMILES string of the molecule is CCn1c(SCC(=O)Nc2cc(C(=O)OC)ccc2Cl)nnc1C(C)NC(=O)c1ccc(Cl)cc1. The van der Waals surface area contributed by atoms with Crippen LogP contribution in [-0.4, -0.2) is 45.4 Å². The quantitative estimate of drug-likeness (QED) is 0.303. The van der Waals surface area contributed by atoms with Gasteiger partial charge >= 0.3 is 5.97 Å². The zero-order chi connectivity index (χ0) is 25.5. The first kappa shape index (κ1) is 26.5. The summed E-state index contributed by atoms with van der Waals surface area (Å²) in [5.74, 6) is -0.545. The molecule has 2 aromatic carbocycles. The molecule has 0 saturated heterocycles. The van der Waals surface area contributed by atoms with Crippen LogP contribution in [0.15, 0.2) is 47.6 Å². The van der Waals surface area contributed by atoms with Gasteiger partial charge < -0.3 is 19.9 Å². The highest BCUT2D eigenvalue weighted by molar-refractivity contribution is 7.99. The molecule has 12 heteroatoms. The van der Waals surface area contributed by atoms with Crippen LogP contribution in [0.2, 0.25) is 10.0 Å². The van der Waals surface area contributed by atoms with Gasteiger partial charge in [-0.3, -0.25) is 9.59 Å². The monoisotopic (exact) mass is 535 g/mol. The lowest BCUT2D eigenvalue weighted by molar-refractivity contribution is -0.113. The van der Waals surface area contributed by atoms with Gasteiger partial charge in [0.2, 0.25) is 5.91 Å². The topological polar surface area (TPSA) is 115 Å². The molecule has 2 N–H and O–H groups in total. The van der Waals surface area contributed by atoms with Crippen LogP contribution in [0.5, 0.6) is 0 Å². The number of aromatic nitrogens is 3. The highest BCUT2D eigenvalue weighted by Crippen LogP contribution is 2.25. The maximum absolute atomic E-state index is 12.5. The van der Waals surface area contributed by atoms with Crippen LogP contribution in [0, 0.1) is 0 Å². The van der Waals surface area contributed by atoms with Crippen LogP contribution in [-0.2, 0) is 16.1 Å². The molecule has 0 spiro atoms. The number of hydrogen-bond donors (Lipinski definition) is 2. The molecule has 2 amide bonds. The van der Waals surface area contributed by atoms with Crippen LogP contribution in [0.4, 0.5) is 5.69 Å². The number of carbonyl (C=O) groups excluding carboxylic acids is 3. The summed E-state index contributed by atoms with van der Waals surface area (Å²) < 4.78 is 6.52. The van der Waals surface area contributed by atoms with E-state index in [1.807, 2.05) is 11.5 Å². The fraction of sp³-hybridized carbons (Fsp3) is 0.261. The van der Waals surface area contributed by atoms with Crippen molar-refractivity contribution in [3.05, 3.63) is 69.5 Å². The van der Waals surface area contributed by atoms with Crippen molar-refractivity contribution in [3.63, 3.8) is 0 Å². The van der Waals surface area contributed by atoms with Gasteiger partial charge in [-0.25, -0.2) is 4.79 Å². The van der Waals surface area contributed by atoms with Crippen LogP contribution in [0.25, 0.3) is 0 Å². The summed E-state index contributed by atoms with van der Waals surface area (Å²) in [4.78, 5) is 36.8. The van der Waals surface area contributed by atoms with Crippen molar-refractivity contribution < 1.29 is 19.1 Å². The lowest BCUT2D eigenvalue weighted by atomic mass is 10.2. The highest BCUT2D eigenvalue weighted by atomic mass is 35.5. The zero-order valence-electron chi connectivity index (χ0n) is 19.2. The summed E-state index contributed by atoms with van der Waals surface area (Å²) >= 11 is 13.2. The van der Waals surface area contributed by atoms with E-state index in [4.69, 9.17) is 27.9 Å². The average Bonchev–Trinajstić information content (AvgIpc) is 3.27. The largest absolute Gasteiger partial charge is 0.465 e. The highest BCUT2D eigenvalue weighted by Gasteiger charge is 2.20. The van der Waals surface area contributed by atoms with Crippen LogP contribution >= 0.6 is 35.0 Å². The van der Waals surface area contributed by atoms with Crippen molar-refractivity contribution in [1.82, 2.24) is 20.1 Å². The van der Waals surface area contributed by atoms with Crippen LogP contribution in [0.1, 0.15) is 46.4 Å². The third-order valence-corrected chi connectivity index (χ3v) is 6.45. The van der Waals surface area contributed by atoms with Crippen molar-refractivity contribution in [2.45, 2.75) is 31.6 Å². The van der Waals surface area contributed by atoms with E-state index >= 15 is 0 Å². The molecule has 3 rings (SSSR count). The minimum absolute atomic E-state index is 0.0302. The molecular formula is C23H23Cl2N5O4S. The number of rotatable bonds is 9. The Morgan fingerprint density at radius 1 is 1.09 bits per heavy atom. The molecule has 1 aromatic heterocycles. The van der Waals surface area contributed by atoms with Gasteiger partial charge in [-0.05, 0) is 56.3 Å². The zero-order valence-corrected chi connectivity index (χ0v) is 21.5. The number of carbonyl (C=O) groups is 3. The fourth-order valence-corrected chi connectivity index (χ4v) is 4.25. The van der Waals surface area contributed by atoms with Gasteiger partial charge in [-0.15, -0.1) is 10.2 Å². The normalized spacial score (nSPS) is 11.6. The second-order valence-corrected chi connectivity index (χ2v) is 9.10. The van der Waals surface area contributed by atoms with E-state index in [0.29, 0.717) is 38.8 Å². The van der Waals surface area contributed by atoms with Crippen molar-refractivity contribution in [2.24, 2.45) is 0 Å². The summed E-state index contributed by atoms with van der Waals surface area (Å²) in [7, 11) is 1.27. The Bertz CT molecular complexity index is 1230. The Morgan fingerprint density at radius 2 is 1.77 bits per heavy atom. The molecule has 0 aliphatic heterocycles. The molecule has 35 heavy (non-hydrogen) atoms. The van der Waals surface area contributed by atoms with E-state index in [1.54, 1.807) is 31.2 Å². The molecular weight excluding hydrogens is 513 g/mol. The summed E-state index contributed by atoms with van der Waals surface area (Å²) in [5, 5.41) is 15.4. The van der Waals surface area contributed by atoms with Crippen LogP contribution in [0.3, 0.4) is 0 Å². The Balaban J connectivity index is 1.64. The second-order valence-electron chi connectivity index (χ2n) is 7.31. The third-order valence-electron chi connectivity index (χ3n) is 4.90. The lowest BCUT2D eigenvalue weighted by Gasteiger charge is -2.15. The van der Waals surface area contributed by atoms with E-state index in [1.165, 1.54) is 37.1 Å². The predicted molar refractivity (Wildman–Crippen MR) is 135 cm³/mol. The maximum Gasteiger partial charge on any atom is 0.337 e. The molecule has 0 saturated carbocycles.